The van der Waals surface area contributed by atoms with Crippen LogP contribution in [0.2, 0.25) is 0 Å². The first-order valence-corrected chi connectivity index (χ1v) is 7.90. The van der Waals surface area contributed by atoms with Crippen LogP contribution in [0, 0.1) is 0 Å². The van der Waals surface area contributed by atoms with E-state index in [0.717, 1.165) is 4.47 Å². The van der Waals surface area contributed by atoms with Crippen molar-refractivity contribution in [1.29, 1.82) is 0 Å². The lowest BCUT2D eigenvalue weighted by molar-refractivity contribution is 0.698. The molecule has 94 valence electrons. The lowest BCUT2D eigenvalue weighted by atomic mass is 10.1. The van der Waals surface area contributed by atoms with Crippen molar-refractivity contribution in [3.05, 3.63) is 28.2 Å². The average molecular weight is 315 g/mol. The van der Waals surface area contributed by atoms with Crippen molar-refractivity contribution in [2.45, 2.75) is 25.4 Å². The summed E-state index contributed by atoms with van der Waals surface area (Å²) in [6.07, 6.45) is 1.28. The Labute approximate surface area is 116 Å². The molecule has 2 atom stereocenters. The zero-order valence-corrected chi connectivity index (χ0v) is 12.7. The van der Waals surface area contributed by atoms with E-state index in [1.807, 2.05) is 18.7 Å². The average Bonchev–Trinajstić information content (AvgIpc) is 2.81. The van der Waals surface area contributed by atoms with E-state index >= 15 is 0 Å². The van der Waals surface area contributed by atoms with Crippen LogP contribution in [0.15, 0.2) is 22.7 Å². The smallest absolute Gasteiger partial charge is 0.0511 e. The van der Waals surface area contributed by atoms with Crippen LogP contribution in [0.5, 0.6) is 0 Å². The highest BCUT2D eigenvalue weighted by molar-refractivity contribution is 9.10. The van der Waals surface area contributed by atoms with Crippen LogP contribution in [-0.4, -0.2) is 24.6 Å². The Balaban J connectivity index is 2.20. The Kier molecular flexibility index (Phi) is 4.39. The predicted octanol–water partition coefficient (Wildman–Crippen LogP) is 3.41. The maximum absolute atomic E-state index is 5.89. The first kappa shape index (κ1) is 13.2. The lowest BCUT2D eigenvalue weighted by Crippen LogP contribution is -2.31. The number of nitrogens with two attached hydrogens (primary N) is 1. The summed E-state index contributed by atoms with van der Waals surface area (Å²) in [7, 11) is 2.18. The first-order valence-electron chi connectivity index (χ1n) is 5.95. The second-order valence-corrected chi connectivity index (χ2v) is 6.63. The van der Waals surface area contributed by atoms with Crippen molar-refractivity contribution in [1.82, 2.24) is 0 Å². The number of hydrogen-bond donors (Lipinski definition) is 1. The van der Waals surface area contributed by atoms with Gasteiger partial charge in [-0.3, -0.25) is 0 Å². The Morgan fingerprint density at radius 1 is 1.53 bits per heavy atom. The molecule has 2 unspecified atom stereocenters. The minimum absolute atomic E-state index is 0.0905. The van der Waals surface area contributed by atoms with Crippen LogP contribution in [0.4, 0.5) is 5.69 Å². The summed E-state index contributed by atoms with van der Waals surface area (Å²) in [4.78, 5) is 2.38. The van der Waals surface area contributed by atoms with Gasteiger partial charge in [-0.1, -0.05) is 6.07 Å². The van der Waals surface area contributed by atoms with Gasteiger partial charge in [-0.15, -0.1) is 0 Å². The van der Waals surface area contributed by atoms with E-state index in [1.54, 1.807) is 0 Å². The summed E-state index contributed by atoms with van der Waals surface area (Å²) in [6.45, 7) is 2.01. The van der Waals surface area contributed by atoms with E-state index < -0.39 is 0 Å². The SMILES string of the molecule is CC(N)c1ccc(N(C)C2CCSC2)c(Br)c1. The lowest BCUT2D eigenvalue weighted by Gasteiger charge is -2.27. The van der Waals surface area contributed by atoms with Crippen molar-refractivity contribution in [2.75, 3.05) is 23.5 Å². The minimum Gasteiger partial charge on any atom is -0.370 e. The van der Waals surface area contributed by atoms with Crippen molar-refractivity contribution in [3.63, 3.8) is 0 Å². The molecule has 1 aliphatic heterocycles. The van der Waals surface area contributed by atoms with Gasteiger partial charge in [-0.05, 0) is 52.7 Å². The monoisotopic (exact) mass is 314 g/mol. The van der Waals surface area contributed by atoms with Gasteiger partial charge in [-0.2, -0.15) is 11.8 Å². The fourth-order valence-electron chi connectivity index (χ4n) is 2.12. The molecule has 2 nitrogen and oxygen atoms in total. The molecule has 17 heavy (non-hydrogen) atoms. The molecule has 1 saturated heterocycles. The van der Waals surface area contributed by atoms with Gasteiger partial charge in [0, 0.05) is 29.4 Å². The number of halogens is 1. The molecular formula is C13H19BrN2S. The fraction of sp³-hybridized carbons (Fsp3) is 0.538. The summed E-state index contributed by atoms with van der Waals surface area (Å²) in [5, 5.41) is 0. The maximum Gasteiger partial charge on any atom is 0.0511 e. The van der Waals surface area contributed by atoms with Crippen LogP contribution in [0.25, 0.3) is 0 Å². The predicted molar refractivity (Wildman–Crippen MR) is 80.9 cm³/mol. The highest BCUT2D eigenvalue weighted by atomic mass is 79.9. The Morgan fingerprint density at radius 3 is 2.82 bits per heavy atom. The van der Waals surface area contributed by atoms with E-state index in [1.165, 1.54) is 29.2 Å². The third kappa shape index (κ3) is 2.98. The molecule has 1 heterocycles. The molecule has 4 heteroatoms. The van der Waals surface area contributed by atoms with E-state index in [4.69, 9.17) is 5.73 Å². The minimum atomic E-state index is 0.0905. The molecule has 1 fully saturated rings. The number of rotatable bonds is 3. The van der Waals surface area contributed by atoms with Crippen LogP contribution in [-0.2, 0) is 0 Å². The van der Waals surface area contributed by atoms with Crippen LogP contribution >= 0.6 is 27.7 Å². The summed E-state index contributed by atoms with van der Waals surface area (Å²) >= 11 is 5.70. The Hall–Kier alpha value is -0.190. The molecule has 2 N–H and O–H groups in total. The van der Waals surface area contributed by atoms with Gasteiger partial charge in [0.05, 0.1) is 5.69 Å². The van der Waals surface area contributed by atoms with E-state index in [-0.39, 0.29) is 6.04 Å². The van der Waals surface area contributed by atoms with Crippen molar-refractivity contribution >= 4 is 33.4 Å². The zero-order valence-electron chi connectivity index (χ0n) is 10.3. The van der Waals surface area contributed by atoms with Gasteiger partial charge in [-0.25, -0.2) is 0 Å². The molecule has 0 aliphatic carbocycles. The van der Waals surface area contributed by atoms with Crippen molar-refractivity contribution in [3.8, 4) is 0 Å². The topological polar surface area (TPSA) is 29.3 Å². The third-order valence-electron chi connectivity index (χ3n) is 3.33. The molecule has 1 aromatic rings. The first-order chi connectivity index (χ1) is 8.09. The second kappa shape index (κ2) is 5.63. The highest BCUT2D eigenvalue weighted by Crippen LogP contribution is 2.32. The quantitative estimate of drug-likeness (QED) is 0.927. The number of nitrogens with zero attached hydrogens (tertiary/aromatic N) is 1. The molecule has 2 rings (SSSR count). The van der Waals surface area contributed by atoms with Gasteiger partial charge >= 0.3 is 0 Å². The Morgan fingerprint density at radius 2 is 2.29 bits per heavy atom. The normalized spacial score (nSPS) is 21.5. The number of thioether (sulfide) groups is 1. The van der Waals surface area contributed by atoms with Gasteiger partial charge in [0.1, 0.15) is 0 Å². The van der Waals surface area contributed by atoms with E-state index in [9.17, 15) is 0 Å². The van der Waals surface area contributed by atoms with Crippen LogP contribution in [0.3, 0.4) is 0 Å². The summed E-state index contributed by atoms with van der Waals surface area (Å²) < 4.78 is 1.15. The molecule has 1 aromatic carbocycles. The molecule has 0 amide bonds. The molecule has 0 saturated carbocycles. The number of hydrogen-bond acceptors (Lipinski definition) is 3. The largest absolute Gasteiger partial charge is 0.370 e. The third-order valence-corrected chi connectivity index (χ3v) is 5.11. The molecule has 0 spiro atoms. The van der Waals surface area contributed by atoms with Crippen LogP contribution in [0.1, 0.15) is 24.9 Å². The van der Waals surface area contributed by atoms with Gasteiger partial charge in [0.15, 0.2) is 0 Å². The summed E-state index contributed by atoms with van der Waals surface area (Å²) in [5.41, 5.74) is 8.33. The van der Waals surface area contributed by atoms with Gasteiger partial charge in [0.2, 0.25) is 0 Å². The van der Waals surface area contributed by atoms with Gasteiger partial charge < -0.3 is 10.6 Å². The van der Waals surface area contributed by atoms with Crippen molar-refractivity contribution < 1.29 is 0 Å². The van der Waals surface area contributed by atoms with Crippen molar-refractivity contribution in [2.24, 2.45) is 5.73 Å². The summed E-state index contributed by atoms with van der Waals surface area (Å²) in [6, 6.07) is 7.19. The second-order valence-electron chi connectivity index (χ2n) is 4.63. The Bertz CT molecular complexity index is 389. The molecule has 0 bridgehead atoms. The maximum atomic E-state index is 5.89. The fourth-order valence-corrected chi connectivity index (χ4v) is 4.06. The molecular weight excluding hydrogens is 296 g/mol. The van der Waals surface area contributed by atoms with E-state index in [0.29, 0.717) is 6.04 Å². The van der Waals surface area contributed by atoms with Crippen LogP contribution < -0.4 is 10.6 Å². The highest BCUT2D eigenvalue weighted by Gasteiger charge is 2.21. The standard InChI is InChI=1S/C13H19BrN2S/c1-9(15)10-3-4-13(12(14)7-10)16(2)11-5-6-17-8-11/h3-4,7,9,11H,5-6,8,15H2,1-2H3. The zero-order chi connectivity index (χ0) is 12.4. The summed E-state index contributed by atoms with van der Waals surface area (Å²) in [5.74, 6) is 2.52. The molecule has 0 radical (unpaired) electrons. The molecule has 0 aromatic heterocycles. The number of anilines is 1. The number of benzene rings is 1. The van der Waals surface area contributed by atoms with E-state index in [2.05, 4.69) is 46.1 Å². The molecule has 1 aliphatic rings. The van der Waals surface area contributed by atoms with Gasteiger partial charge in [0.25, 0.3) is 0 Å².